The second-order valence-corrected chi connectivity index (χ2v) is 4.62. The second kappa shape index (κ2) is 6.93. The largest absolute Gasteiger partial charge is 0.508 e. The lowest BCUT2D eigenvalue weighted by molar-refractivity contribution is 0.184. The number of rotatable bonds is 6. The number of hydrogen-bond donors (Lipinski definition) is 3. The van der Waals surface area contributed by atoms with Gasteiger partial charge in [-0.3, -0.25) is 0 Å². The van der Waals surface area contributed by atoms with Gasteiger partial charge in [0.2, 0.25) is 0 Å². The molecule has 3 N–H and O–H groups in total. The van der Waals surface area contributed by atoms with Crippen molar-refractivity contribution in [1.82, 2.24) is 5.32 Å². The maximum Gasteiger partial charge on any atom is 0.123 e. The summed E-state index contributed by atoms with van der Waals surface area (Å²) in [5, 5.41) is 22.2. The Hall–Kier alpha value is -2.04. The SMILES string of the molecule is COCc1ccccc1CNCc1ccc(O)cc1O. The van der Waals surface area contributed by atoms with E-state index in [2.05, 4.69) is 11.4 Å². The normalized spacial score (nSPS) is 10.7. The Kier molecular flexibility index (Phi) is 4.98. The summed E-state index contributed by atoms with van der Waals surface area (Å²) in [4.78, 5) is 0. The summed E-state index contributed by atoms with van der Waals surface area (Å²) < 4.78 is 5.17. The molecule has 2 rings (SSSR count). The molecule has 106 valence electrons. The van der Waals surface area contributed by atoms with Crippen LogP contribution in [0.1, 0.15) is 16.7 Å². The van der Waals surface area contributed by atoms with Crippen molar-refractivity contribution >= 4 is 0 Å². The van der Waals surface area contributed by atoms with Gasteiger partial charge in [0.1, 0.15) is 11.5 Å². The van der Waals surface area contributed by atoms with Crippen LogP contribution in [0.25, 0.3) is 0 Å². The molecule has 4 heteroatoms. The highest BCUT2D eigenvalue weighted by atomic mass is 16.5. The zero-order chi connectivity index (χ0) is 14.4. The number of benzene rings is 2. The molecule has 0 aromatic heterocycles. The monoisotopic (exact) mass is 273 g/mol. The fraction of sp³-hybridized carbons (Fsp3) is 0.250. The van der Waals surface area contributed by atoms with Crippen molar-refractivity contribution in [2.24, 2.45) is 0 Å². The quantitative estimate of drug-likeness (QED) is 0.757. The van der Waals surface area contributed by atoms with Gasteiger partial charge in [-0.15, -0.1) is 0 Å². The molecule has 0 saturated heterocycles. The van der Waals surface area contributed by atoms with Gasteiger partial charge in [0.25, 0.3) is 0 Å². The van der Waals surface area contributed by atoms with Crippen LogP contribution in [0.4, 0.5) is 0 Å². The van der Waals surface area contributed by atoms with Crippen LogP contribution in [0.15, 0.2) is 42.5 Å². The molecule has 0 aliphatic heterocycles. The summed E-state index contributed by atoms with van der Waals surface area (Å²) in [6.07, 6.45) is 0. The average molecular weight is 273 g/mol. The van der Waals surface area contributed by atoms with Crippen LogP contribution in [0.2, 0.25) is 0 Å². The van der Waals surface area contributed by atoms with Crippen molar-refractivity contribution in [2.45, 2.75) is 19.7 Å². The molecule has 0 bridgehead atoms. The third-order valence-corrected chi connectivity index (χ3v) is 3.12. The minimum atomic E-state index is 0.0664. The molecule has 0 radical (unpaired) electrons. The van der Waals surface area contributed by atoms with E-state index in [1.165, 1.54) is 11.6 Å². The van der Waals surface area contributed by atoms with Gasteiger partial charge in [-0.1, -0.05) is 30.3 Å². The smallest absolute Gasteiger partial charge is 0.123 e. The molecule has 0 atom stereocenters. The van der Waals surface area contributed by atoms with Gasteiger partial charge >= 0.3 is 0 Å². The highest BCUT2D eigenvalue weighted by Gasteiger charge is 2.04. The van der Waals surface area contributed by atoms with Crippen LogP contribution in [0.5, 0.6) is 11.5 Å². The minimum Gasteiger partial charge on any atom is -0.508 e. The predicted octanol–water partition coefficient (Wildman–Crippen LogP) is 2.53. The van der Waals surface area contributed by atoms with Crippen LogP contribution in [0, 0.1) is 0 Å². The number of hydrogen-bond acceptors (Lipinski definition) is 4. The van der Waals surface area contributed by atoms with Gasteiger partial charge < -0.3 is 20.3 Å². The van der Waals surface area contributed by atoms with Gasteiger partial charge in [-0.05, 0) is 17.2 Å². The Balaban J connectivity index is 1.96. The molecule has 0 spiro atoms. The fourth-order valence-corrected chi connectivity index (χ4v) is 2.06. The molecule has 0 aliphatic carbocycles. The van der Waals surface area contributed by atoms with Crippen molar-refractivity contribution in [3.63, 3.8) is 0 Å². The Labute approximate surface area is 118 Å². The molecule has 0 aliphatic rings. The molecule has 0 saturated carbocycles. The lowest BCUT2D eigenvalue weighted by atomic mass is 10.1. The van der Waals surface area contributed by atoms with Crippen LogP contribution in [-0.2, 0) is 24.4 Å². The van der Waals surface area contributed by atoms with Crippen LogP contribution >= 0.6 is 0 Å². The summed E-state index contributed by atoms with van der Waals surface area (Å²) in [5.41, 5.74) is 3.08. The van der Waals surface area contributed by atoms with Crippen molar-refractivity contribution in [3.05, 3.63) is 59.2 Å². The van der Waals surface area contributed by atoms with E-state index >= 15 is 0 Å². The van der Waals surface area contributed by atoms with E-state index in [0.29, 0.717) is 19.7 Å². The lowest BCUT2D eigenvalue weighted by Gasteiger charge is -2.11. The van der Waals surface area contributed by atoms with Gasteiger partial charge in [-0.25, -0.2) is 0 Å². The summed E-state index contributed by atoms with van der Waals surface area (Å²) in [7, 11) is 1.68. The van der Waals surface area contributed by atoms with Gasteiger partial charge in [0.15, 0.2) is 0 Å². The van der Waals surface area contributed by atoms with Gasteiger partial charge in [0, 0.05) is 31.8 Å². The number of phenolic OH excluding ortho intramolecular Hbond substituents is 2. The molecule has 0 heterocycles. The number of nitrogens with one attached hydrogen (secondary N) is 1. The van der Waals surface area contributed by atoms with Crippen molar-refractivity contribution < 1.29 is 14.9 Å². The predicted molar refractivity (Wildman–Crippen MR) is 77.5 cm³/mol. The number of methoxy groups -OCH3 is 1. The van der Waals surface area contributed by atoms with E-state index in [-0.39, 0.29) is 11.5 Å². The van der Waals surface area contributed by atoms with E-state index in [9.17, 15) is 10.2 Å². The zero-order valence-corrected chi connectivity index (χ0v) is 11.5. The lowest BCUT2D eigenvalue weighted by Crippen LogP contribution is -2.14. The number of phenols is 2. The first-order chi connectivity index (χ1) is 9.70. The number of aromatic hydroxyl groups is 2. The average Bonchev–Trinajstić information content (AvgIpc) is 2.43. The number of ether oxygens (including phenoxy) is 1. The fourth-order valence-electron chi connectivity index (χ4n) is 2.06. The maximum absolute atomic E-state index is 9.71. The summed E-state index contributed by atoms with van der Waals surface area (Å²) in [5.74, 6) is 0.166. The summed E-state index contributed by atoms with van der Waals surface area (Å²) in [6, 6.07) is 12.7. The van der Waals surface area contributed by atoms with E-state index in [1.807, 2.05) is 18.2 Å². The Morgan fingerprint density at radius 1 is 0.950 bits per heavy atom. The highest BCUT2D eigenvalue weighted by Crippen LogP contribution is 2.22. The maximum atomic E-state index is 9.71. The second-order valence-electron chi connectivity index (χ2n) is 4.62. The first kappa shape index (κ1) is 14.4. The summed E-state index contributed by atoms with van der Waals surface area (Å²) in [6.45, 7) is 1.82. The third kappa shape index (κ3) is 3.73. The molecule has 0 amide bonds. The van der Waals surface area contributed by atoms with Gasteiger partial charge in [-0.2, -0.15) is 0 Å². The topological polar surface area (TPSA) is 61.7 Å². The van der Waals surface area contributed by atoms with Crippen LogP contribution in [0.3, 0.4) is 0 Å². The van der Waals surface area contributed by atoms with E-state index < -0.39 is 0 Å². The van der Waals surface area contributed by atoms with Crippen LogP contribution < -0.4 is 5.32 Å². The van der Waals surface area contributed by atoms with Crippen LogP contribution in [-0.4, -0.2) is 17.3 Å². The molecule has 4 nitrogen and oxygen atoms in total. The van der Waals surface area contributed by atoms with E-state index in [0.717, 1.165) is 11.1 Å². The van der Waals surface area contributed by atoms with Gasteiger partial charge in [0.05, 0.1) is 6.61 Å². The highest BCUT2D eigenvalue weighted by molar-refractivity contribution is 5.38. The van der Waals surface area contributed by atoms with E-state index in [1.54, 1.807) is 19.2 Å². The molecule has 0 fully saturated rings. The Bertz CT molecular complexity index is 569. The molecule has 2 aromatic rings. The van der Waals surface area contributed by atoms with Crippen molar-refractivity contribution in [1.29, 1.82) is 0 Å². The minimum absolute atomic E-state index is 0.0664. The van der Waals surface area contributed by atoms with Crippen molar-refractivity contribution in [3.8, 4) is 11.5 Å². The Morgan fingerprint density at radius 3 is 2.35 bits per heavy atom. The third-order valence-electron chi connectivity index (χ3n) is 3.12. The molecular weight excluding hydrogens is 254 g/mol. The molecule has 0 unspecified atom stereocenters. The van der Waals surface area contributed by atoms with E-state index in [4.69, 9.17) is 4.74 Å². The first-order valence-electron chi connectivity index (χ1n) is 6.48. The summed E-state index contributed by atoms with van der Waals surface area (Å²) >= 11 is 0. The Morgan fingerprint density at radius 2 is 1.65 bits per heavy atom. The molecular formula is C16H19NO3. The zero-order valence-electron chi connectivity index (χ0n) is 11.5. The molecule has 20 heavy (non-hydrogen) atoms. The van der Waals surface area contributed by atoms with Crippen molar-refractivity contribution in [2.75, 3.05) is 7.11 Å². The standard InChI is InChI=1S/C16H19NO3/c1-20-11-14-5-3-2-4-12(14)9-17-10-13-6-7-15(18)8-16(13)19/h2-8,17-19H,9-11H2,1H3. The molecule has 2 aromatic carbocycles. The first-order valence-corrected chi connectivity index (χ1v) is 6.48.